The molecular formula is C18H20BrNO4S2. The minimum atomic E-state index is -0.340. The minimum Gasteiger partial charge on any atom is -0.493 e. The molecule has 1 amide bonds. The van der Waals surface area contributed by atoms with Gasteiger partial charge in [-0.05, 0) is 37.6 Å². The second kappa shape index (κ2) is 10.1. The number of thioether (sulfide) groups is 1. The second-order valence-electron chi connectivity index (χ2n) is 5.42. The van der Waals surface area contributed by atoms with Crippen molar-refractivity contribution in [2.24, 2.45) is 0 Å². The summed E-state index contributed by atoms with van der Waals surface area (Å²) >= 11 is 9.96. The van der Waals surface area contributed by atoms with Gasteiger partial charge < -0.3 is 9.47 Å². The standard InChI is InChI=1S/C18H20BrNO4S2/c1-3-9-24-14-6-5-13(19)10-12(14)11-15-17(22)20(18(25)26-15)8-7-16(21)23-4-2/h5-6,10-11H,3-4,7-9H2,1-2H3/b15-11+. The number of nitrogens with zero attached hydrogens (tertiary/aromatic N) is 1. The monoisotopic (exact) mass is 457 g/mol. The predicted octanol–water partition coefficient (Wildman–Crippen LogP) is 4.39. The van der Waals surface area contributed by atoms with E-state index in [0.29, 0.717) is 28.2 Å². The van der Waals surface area contributed by atoms with Crippen molar-refractivity contribution in [2.75, 3.05) is 19.8 Å². The number of benzene rings is 1. The third-order valence-corrected chi connectivity index (χ3v) is 5.31. The Labute approximate surface area is 171 Å². The Bertz CT molecular complexity index is 736. The molecule has 1 fully saturated rings. The number of hydrogen-bond acceptors (Lipinski definition) is 6. The maximum absolute atomic E-state index is 12.6. The molecule has 5 nitrogen and oxygen atoms in total. The van der Waals surface area contributed by atoms with Gasteiger partial charge in [-0.1, -0.05) is 46.8 Å². The van der Waals surface area contributed by atoms with Crippen molar-refractivity contribution >= 4 is 62.2 Å². The molecule has 0 spiro atoms. The fourth-order valence-electron chi connectivity index (χ4n) is 2.25. The zero-order chi connectivity index (χ0) is 19.1. The summed E-state index contributed by atoms with van der Waals surface area (Å²) in [5.41, 5.74) is 0.804. The summed E-state index contributed by atoms with van der Waals surface area (Å²) in [6.07, 6.45) is 2.79. The van der Waals surface area contributed by atoms with E-state index in [1.165, 1.54) is 16.7 Å². The lowest BCUT2D eigenvalue weighted by Gasteiger charge is -2.13. The summed E-state index contributed by atoms with van der Waals surface area (Å²) in [6, 6.07) is 5.66. The first-order chi connectivity index (χ1) is 12.5. The van der Waals surface area contributed by atoms with Gasteiger partial charge in [-0.3, -0.25) is 14.5 Å². The third kappa shape index (κ3) is 5.56. The molecule has 0 N–H and O–H groups in total. The summed E-state index contributed by atoms with van der Waals surface area (Å²) in [4.78, 5) is 26.1. The first kappa shape index (κ1) is 20.9. The van der Waals surface area contributed by atoms with E-state index in [4.69, 9.17) is 21.7 Å². The highest BCUT2D eigenvalue weighted by Gasteiger charge is 2.32. The Kier molecular flexibility index (Phi) is 8.12. The summed E-state index contributed by atoms with van der Waals surface area (Å²) in [6.45, 7) is 4.92. The lowest BCUT2D eigenvalue weighted by Crippen LogP contribution is -2.30. The molecule has 2 rings (SSSR count). The highest BCUT2D eigenvalue weighted by atomic mass is 79.9. The van der Waals surface area contributed by atoms with E-state index >= 15 is 0 Å². The summed E-state index contributed by atoms with van der Waals surface area (Å²) in [5, 5.41) is 0. The van der Waals surface area contributed by atoms with Crippen LogP contribution in [0.25, 0.3) is 6.08 Å². The topological polar surface area (TPSA) is 55.8 Å². The Balaban J connectivity index is 2.16. The average Bonchev–Trinajstić information content (AvgIpc) is 2.86. The Morgan fingerprint density at radius 2 is 2.15 bits per heavy atom. The predicted molar refractivity (Wildman–Crippen MR) is 111 cm³/mol. The van der Waals surface area contributed by atoms with Crippen LogP contribution in [-0.2, 0) is 14.3 Å². The average molecular weight is 458 g/mol. The molecule has 0 aromatic heterocycles. The van der Waals surface area contributed by atoms with Gasteiger partial charge in [0.05, 0.1) is 24.5 Å². The van der Waals surface area contributed by atoms with E-state index < -0.39 is 0 Å². The molecule has 140 valence electrons. The van der Waals surface area contributed by atoms with Crippen LogP contribution in [0.3, 0.4) is 0 Å². The summed E-state index contributed by atoms with van der Waals surface area (Å²) < 4.78 is 12.0. The van der Waals surface area contributed by atoms with Crippen molar-refractivity contribution in [1.29, 1.82) is 0 Å². The number of amides is 1. The number of hydrogen-bond donors (Lipinski definition) is 0. The minimum absolute atomic E-state index is 0.120. The quantitative estimate of drug-likeness (QED) is 0.327. The number of ether oxygens (including phenoxy) is 2. The van der Waals surface area contributed by atoms with Crippen LogP contribution in [0.1, 0.15) is 32.3 Å². The van der Waals surface area contributed by atoms with E-state index in [9.17, 15) is 9.59 Å². The third-order valence-electron chi connectivity index (χ3n) is 3.44. The van der Waals surface area contributed by atoms with Crippen LogP contribution in [0.2, 0.25) is 0 Å². The Morgan fingerprint density at radius 3 is 2.85 bits per heavy atom. The van der Waals surface area contributed by atoms with Gasteiger partial charge in [0, 0.05) is 16.6 Å². The van der Waals surface area contributed by atoms with Crippen molar-refractivity contribution in [2.45, 2.75) is 26.7 Å². The summed E-state index contributed by atoms with van der Waals surface area (Å²) in [5.74, 6) is 0.172. The van der Waals surface area contributed by atoms with Gasteiger partial charge in [0.1, 0.15) is 10.1 Å². The SMILES string of the molecule is CCCOc1ccc(Br)cc1/C=C1/SC(=S)N(CCC(=O)OCC)C1=O. The van der Waals surface area contributed by atoms with Gasteiger partial charge in [0.2, 0.25) is 0 Å². The van der Waals surface area contributed by atoms with Crippen molar-refractivity contribution in [1.82, 2.24) is 4.90 Å². The molecule has 1 saturated heterocycles. The number of thiocarbonyl (C=S) groups is 1. The van der Waals surface area contributed by atoms with Crippen molar-refractivity contribution in [3.8, 4) is 5.75 Å². The number of carbonyl (C=O) groups is 2. The lowest BCUT2D eigenvalue weighted by atomic mass is 10.2. The highest BCUT2D eigenvalue weighted by Crippen LogP contribution is 2.35. The zero-order valence-electron chi connectivity index (χ0n) is 14.6. The van der Waals surface area contributed by atoms with Gasteiger partial charge >= 0.3 is 5.97 Å². The molecule has 0 bridgehead atoms. The number of rotatable bonds is 8. The zero-order valence-corrected chi connectivity index (χ0v) is 17.8. The molecule has 1 aliphatic rings. The van der Waals surface area contributed by atoms with Gasteiger partial charge in [0.25, 0.3) is 5.91 Å². The maximum atomic E-state index is 12.6. The molecule has 1 heterocycles. The van der Waals surface area contributed by atoms with Gasteiger partial charge in [0.15, 0.2) is 0 Å². The highest BCUT2D eigenvalue weighted by molar-refractivity contribution is 9.10. The largest absolute Gasteiger partial charge is 0.493 e. The molecule has 1 aromatic carbocycles. The van der Waals surface area contributed by atoms with Crippen LogP contribution < -0.4 is 4.74 Å². The molecule has 0 saturated carbocycles. The van der Waals surface area contributed by atoms with E-state index in [2.05, 4.69) is 15.9 Å². The van der Waals surface area contributed by atoms with Crippen LogP contribution in [-0.4, -0.2) is 40.9 Å². The molecule has 0 aliphatic carbocycles. The Hall–Kier alpha value is -1.38. The van der Waals surface area contributed by atoms with Gasteiger partial charge in [-0.2, -0.15) is 0 Å². The second-order valence-corrected chi connectivity index (χ2v) is 8.01. The molecule has 0 atom stereocenters. The molecule has 0 radical (unpaired) electrons. The van der Waals surface area contributed by atoms with Crippen LogP contribution in [0.15, 0.2) is 27.6 Å². The van der Waals surface area contributed by atoms with Crippen molar-refractivity contribution in [3.05, 3.63) is 33.1 Å². The molecule has 8 heteroatoms. The van der Waals surface area contributed by atoms with Gasteiger partial charge in [-0.15, -0.1) is 0 Å². The fourth-order valence-corrected chi connectivity index (χ4v) is 3.92. The lowest BCUT2D eigenvalue weighted by molar-refractivity contribution is -0.143. The molecule has 26 heavy (non-hydrogen) atoms. The maximum Gasteiger partial charge on any atom is 0.307 e. The number of halogens is 1. The first-order valence-corrected chi connectivity index (χ1v) is 10.3. The van der Waals surface area contributed by atoms with Crippen LogP contribution >= 0.6 is 39.9 Å². The van der Waals surface area contributed by atoms with Gasteiger partial charge in [-0.25, -0.2) is 0 Å². The van der Waals surface area contributed by atoms with Crippen LogP contribution in [0.4, 0.5) is 0 Å². The molecule has 0 unspecified atom stereocenters. The molecular weight excluding hydrogens is 438 g/mol. The van der Waals surface area contributed by atoms with Crippen molar-refractivity contribution in [3.63, 3.8) is 0 Å². The molecule has 1 aliphatic heterocycles. The summed E-state index contributed by atoms with van der Waals surface area (Å²) in [7, 11) is 0. The normalized spacial score (nSPS) is 15.7. The fraction of sp³-hybridized carbons (Fsp3) is 0.389. The number of esters is 1. The van der Waals surface area contributed by atoms with Crippen LogP contribution in [0.5, 0.6) is 5.75 Å². The van der Waals surface area contributed by atoms with Crippen LogP contribution in [0, 0.1) is 0 Å². The first-order valence-electron chi connectivity index (χ1n) is 8.29. The molecule has 1 aromatic rings. The Morgan fingerprint density at radius 1 is 1.38 bits per heavy atom. The van der Waals surface area contributed by atoms with E-state index in [0.717, 1.165) is 16.5 Å². The van der Waals surface area contributed by atoms with Crippen molar-refractivity contribution < 1.29 is 19.1 Å². The number of carbonyl (C=O) groups excluding carboxylic acids is 2. The van der Waals surface area contributed by atoms with E-state index in [1.54, 1.807) is 13.0 Å². The smallest absolute Gasteiger partial charge is 0.307 e. The van der Waals surface area contributed by atoms with E-state index in [1.807, 2.05) is 25.1 Å². The van der Waals surface area contributed by atoms with E-state index in [-0.39, 0.29) is 24.8 Å².